The van der Waals surface area contributed by atoms with Gasteiger partial charge in [-0.3, -0.25) is 9.59 Å². The molecule has 0 heterocycles. The first-order valence-electron chi connectivity index (χ1n) is 13.6. The maximum Gasteiger partial charge on any atom is 0.247 e. The Balaban J connectivity index is 1.91. The highest BCUT2D eigenvalue weighted by molar-refractivity contribution is 14.1. The van der Waals surface area contributed by atoms with Crippen LogP contribution in [0.5, 0.6) is 11.5 Å². The number of methoxy groups -OCH3 is 1. The van der Waals surface area contributed by atoms with Crippen LogP contribution in [0.4, 0.5) is 0 Å². The number of ether oxygens (including phenoxy) is 2. The molecule has 0 aliphatic heterocycles. The minimum atomic E-state index is -1.06. The SMILES string of the molecule is C=CCCCCC(=O)N(CCc1cccc(OC)c1)C1CC(C(=O)NCCO)=CC(Oc2ccccc2I)C1O. The Morgan fingerprint density at radius 1 is 1.20 bits per heavy atom. The Labute approximate surface area is 250 Å². The predicted molar refractivity (Wildman–Crippen MR) is 163 cm³/mol. The normalized spacial score (nSPS) is 18.4. The highest BCUT2D eigenvalue weighted by Crippen LogP contribution is 2.30. The molecule has 0 fully saturated rings. The van der Waals surface area contributed by atoms with E-state index in [1.807, 2.05) is 54.6 Å². The quantitative estimate of drug-likeness (QED) is 0.151. The molecule has 1 aliphatic carbocycles. The molecule has 2 amide bonds. The summed E-state index contributed by atoms with van der Waals surface area (Å²) in [6.07, 6.45) is 4.98. The van der Waals surface area contributed by atoms with Crippen LogP contribution in [-0.4, -0.2) is 72.0 Å². The molecule has 3 rings (SSSR count). The molecule has 2 aromatic rings. The number of carbonyl (C=O) groups is 2. The van der Waals surface area contributed by atoms with Crippen LogP contribution in [0.15, 0.2) is 72.8 Å². The van der Waals surface area contributed by atoms with Gasteiger partial charge in [0.15, 0.2) is 0 Å². The summed E-state index contributed by atoms with van der Waals surface area (Å²) in [7, 11) is 1.61. The van der Waals surface area contributed by atoms with Crippen molar-refractivity contribution < 1.29 is 29.3 Å². The first-order chi connectivity index (χ1) is 19.4. The largest absolute Gasteiger partial charge is 0.497 e. The molecule has 3 unspecified atom stereocenters. The number of halogens is 1. The van der Waals surface area contributed by atoms with E-state index < -0.39 is 18.2 Å². The second kappa shape index (κ2) is 16.4. The first kappa shape index (κ1) is 31.6. The number of amides is 2. The van der Waals surface area contributed by atoms with E-state index in [1.54, 1.807) is 18.1 Å². The molecule has 3 N–H and O–H groups in total. The van der Waals surface area contributed by atoms with Gasteiger partial charge in [-0.05, 0) is 84.2 Å². The van der Waals surface area contributed by atoms with Gasteiger partial charge >= 0.3 is 0 Å². The molecule has 40 heavy (non-hydrogen) atoms. The average molecular weight is 663 g/mol. The molecule has 0 spiro atoms. The summed E-state index contributed by atoms with van der Waals surface area (Å²) in [6.45, 7) is 4.03. The first-order valence-corrected chi connectivity index (χ1v) is 14.7. The zero-order chi connectivity index (χ0) is 28.9. The lowest BCUT2D eigenvalue weighted by molar-refractivity contribution is -0.138. The number of aliphatic hydroxyl groups is 2. The second-order valence-corrected chi connectivity index (χ2v) is 10.8. The molecular weight excluding hydrogens is 623 g/mol. The van der Waals surface area contributed by atoms with Crippen molar-refractivity contribution in [3.63, 3.8) is 0 Å². The van der Waals surface area contributed by atoms with E-state index in [1.165, 1.54) is 0 Å². The third-order valence-electron chi connectivity index (χ3n) is 6.86. The number of benzene rings is 2. The van der Waals surface area contributed by atoms with Gasteiger partial charge < -0.3 is 29.9 Å². The molecule has 216 valence electrons. The number of allylic oxidation sites excluding steroid dienone is 1. The standard InChI is InChI=1S/C31H39IN2O6/c1-3-4-5-6-14-29(36)34(17-15-22-10-9-11-24(19-22)39-2)26-20-23(31(38)33-16-18-35)21-28(30(26)37)40-27-13-8-7-12-25(27)32/h3,7-13,19,21,26,28,30,35,37H,1,4-6,14-18,20H2,2H3,(H,33,38). The summed E-state index contributed by atoms with van der Waals surface area (Å²) in [5.41, 5.74) is 1.41. The number of nitrogens with one attached hydrogen (secondary N) is 1. The molecule has 0 aromatic heterocycles. The average Bonchev–Trinajstić information content (AvgIpc) is 2.97. The van der Waals surface area contributed by atoms with E-state index in [4.69, 9.17) is 9.47 Å². The van der Waals surface area contributed by atoms with Gasteiger partial charge in [0.05, 0.1) is 23.3 Å². The van der Waals surface area contributed by atoms with Crippen LogP contribution in [0.25, 0.3) is 0 Å². The second-order valence-electron chi connectivity index (χ2n) is 9.67. The minimum absolute atomic E-state index is 0.0823. The van der Waals surface area contributed by atoms with Gasteiger partial charge in [0, 0.05) is 31.5 Å². The lowest BCUT2D eigenvalue weighted by Gasteiger charge is -2.40. The van der Waals surface area contributed by atoms with Gasteiger partial charge in [-0.1, -0.05) is 30.3 Å². The summed E-state index contributed by atoms with van der Waals surface area (Å²) in [4.78, 5) is 28.3. The fourth-order valence-electron chi connectivity index (χ4n) is 4.73. The number of unbranched alkanes of at least 4 members (excludes halogenated alkanes) is 2. The summed E-state index contributed by atoms with van der Waals surface area (Å²) in [5, 5.41) is 23.5. The third kappa shape index (κ3) is 9.07. The summed E-state index contributed by atoms with van der Waals surface area (Å²) in [5.74, 6) is 0.876. The number of aliphatic hydroxyl groups excluding tert-OH is 2. The van der Waals surface area contributed by atoms with E-state index in [-0.39, 0.29) is 31.4 Å². The Morgan fingerprint density at radius 2 is 2.00 bits per heavy atom. The molecule has 0 radical (unpaired) electrons. The van der Waals surface area contributed by atoms with E-state index in [0.717, 1.165) is 27.7 Å². The molecule has 3 atom stereocenters. The van der Waals surface area contributed by atoms with Gasteiger partial charge in [-0.15, -0.1) is 6.58 Å². The maximum absolute atomic E-state index is 13.6. The molecular formula is C31H39IN2O6. The van der Waals surface area contributed by atoms with Crippen LogP contribution >= 0.6 is 22.6 Å². The van der Waals surface area contributed by atoms with E-state index in [0.29, 0.717) is 37.1 Å². The maximum atomic E-state index is 13.6. The number of nitrogens with zero attached hydrogens (tertiary/aromatic N) is 1. The Hall–Kier alpha value is -2.89. The number of hydrogen-bond donors (Lipinski definition) is 3. The van der Waals surface area contributed by atoms with Gasteiger partial charge in [-0.25, -0.2) is 0 Å². The summed E-state index contributed by atoms with van der Waals surface area (Å²) < 4.78 is 12.4. The van der Waals surface area contributed by atoms with Crippen LogP contribution < -0.4 is 14.8 Å². The van der Waals surface area contributed by atoms with E-state index in [2.05, 4.69) is 34.5 Å². The number of carbonyl (C=O) groups excluding carboxylic acids is 2. The predicted octanol–water partition coefficient (Wildman–Crippen LogP) is 4.03. The van der Waals surface area contributed by atoms with Crippen molar-refractivity contribution in [2.45, 2.75) is 56.8 Å². The van der Waals surface area contributed by atoms with Crippen LogP contribution in [0.1, 0.15) is 37.7 Å². The van der Waals surface area contributed by atoms with Crippen molar-refractivity contribution in [3.05, 3.63) is 82.0 Å². The lowest BCUT2D eigenvalue weighted by atomic mass is 9.87. The zero-order valence-corrected chi connectivity index (χ0v) is 25.1. The zero-order valence-electron chi connectivity index (χ0n) is 22.9. The van der Waals surface area contributed by atoms with Crippen LogP contribution in [0, 0.1) is 3.57 Å². The molecule has 8 nitrogen and oxygen atoms in total. The minimum Gasteiger partial charge on any atom is -0.497 e. The van der Waals surface area contributed by atoms with Crippen LogP contribution in [0.3, 0.4) is 0 Å². The van der Waals surface area contributed by atoms with E-state index in [9.17, 15) is 19.8 Å². The van der Waals surface area contributed by atoms with Gasteiger partial charge in [-0.2, -0.15) is 0 Å². The van der Waals surface area contributed by atoms with Crippen molar-refractivity contribution in [1.82, 2.24) is 10.2 Å². The smallest absolute Gasteiger partial charge is 0.247 e. The molecule has 0 saturated carbocycles. The van der Waals surface area contributed by atoms with Crippen molar-refractivity contribution in [1.29, 1.82) is 0 Å². The molecule has 9 heteroatoms. The molecule has 0 saturated heterocycles. The molecule has 2 aromatic carbocycles. The van der Waals surface area contributed by atoms with Crippen molar-refractivity contribution in [2.75, 3.05) is 26.8 Å². The lowest BCUT2D eigenvalue weighted by Crippen LogP contribution is -2.55. The van der Waals surface area contributed by atoms with Crippen LogP contribution in [0.2, 0.25) is 0 Å². The number of para-hydroxylation sites is 1. The highest BCUT2D eigenvalue weighted by Gasteiger charge is 2.40. The number of rotatable bonds is 15. The van der Waals surface area contributed by atoms with Crippen molar-refractivity contribution in [3.8, 4) is 11.5 Å². The molecule has 0 bridgehead atoms. The van der Waals surface area contributed by atoms with Gasteiger partial charge in [0.25, 0.3) is 0 Å². The number of hydrogen-bond acceptors (Lipinski definition) is 6. The monoisotopic (exact) mass is 662 g/mol. The topological polar surface area (TPSA) is 108 Å². The van der Waals surface area contributed by atoms with E-state index >= 15 is 0 Å². The molecule has 1 aliphatic rings. The Morgan fingerprint density at radius 3 is 2.73 bits per heavy atom. The highest BCUT2D eigenvalue weighted by atomic mass is 127. The fourth-order valence-corrected chi connectivity index (χ4v) is 5.24. The fraction of sp³-hybridized carbons (Fsp3) is 0.419. The third-order valence-corrected chi connectivity index (χ3v) is 7.75. The van der Waals surface area contributed by atoms with Crippen molar-refractivity contribution in [2.24, 2.45) is 0 Å². The van der Waals surface area contributed by atoms with Gasteiger partial charge in [0.1, 0.15) is 23.7 Å². The Kier molecular flexibility index (Phi) is 13.0. The summed E-state index contributed by atoms with van der Waals surface area (Å²) in [6, 6.07) is 14.4. The summed E-state index contributed by atoms with van der Waals surface area (Å²) >= 11 is 2.16. The van der Waals surface area contributed by atoms with Crippen molar-refractivity contribution >= 4 is 34.4 Å². The van der Waals surface area contributed by atoms with Crippen LogP contribution in [-0.2, 0) is 16.0 Å². The Bertz CT molecular complexity index is 1170. The van der Waals surface area contributed by atoms with Gasteiger partial charge in [0.2, 0.25) is 11.8 Å².